The van der Waals surface area contributed by atoms with E-state index in [9.17, 15) is 4.79 Å². The standard InChI is InChI=1S/C15H26N2O2/c1-14(2,3)19-13(18)17-9-6-12(16-11-4-5-11)15(10-17)7-8-15/h11-12,16H,4-10H2,1-3H3. The van der Waals surface area contributed by atoms with Crippen LogP contribution in [0.3, 0.4) is 0 Å². The molecule has 108 valence electrons. The normalized spacial score (nSPS) is 29.4. The minimum atomic E-state index is -0.392. The second-order valence-electron chi connectivity index (χ2n) is 7.55. The molecule has 19 heavy (non-hydrogen) atoms. The molecule has 2 saturated carbocycles. The summed E-state index contributed by atoms with van der Waals surface area (Å²) >= 11 is 0. The van der Waals surface area contributed by atoms with Gasteiger partial charge in [-0.05, 0) is 52.9 Å². The summed E-state index contributed by atoms with van der Waals surface area (Å²) in [7, 11) is 0. The Morgan fingerprint density at radius 2 is 1.95 bits per heavy atom. The zero-order chi connectivity index (χ0) is 13.7. The minimum Gasteiger partial charge on any atom is -0.444 e. The number of nitrogens with zero attached hydrogens (tertiary/aromatic N) is 1. The van der Waals surface area contributed by atoms with Gasteiger partial charge in [0.2, 0.25) is 0 Å². The number of amides is 1. The van der Waals surface area contributed by atoms with E-state index in [0.717, 1.165) is 25.6 Å². The molecule has 3 aliphatic rings. The molecule has 1 saturated heterocycles. The summed E-state index contributed by atoms with van der Waals surface area (Å²) in [4.78, 5) is 14.1. The lowest BCUT2D eigenvalue weighted by Gasteiger charge is -2.40. The fraction of sp³-hybridized carbons (Fsp3) is 0.933. The molecule has 1 heterocycles. The largest absolute Gasteiger partial charge is 0.444 e. The Morgan fingerprint density at radius 1 is 1.26 bits per heavy atom. The minimum absolute atomic E-state index is 0.136. The number of likely N-dealkylation sites (tertiary alicyclic amines) is 1. The fourth-order valence-electron chi connectivity index (χ4n) is 3.10. The fourth-order valence-corrected chi connectivity index (χ4v) is 3.10. The second kappa shape index (κ2) is 4.37. The van der Waals surface area contributed by atoms with Crippen LogP contribution in [-0.4, -0.2) is 41.8 Å². The van der Waals surface area contributed by atoms with Gasteiger partial charge in [-0.3, -0.25) is 0 Å². The van der Waals surface area contributed by atoms with Crippen molar-refractivity contribution in [2.45, 2.75) is 70.6 Å². The van der Waals surface area contributed by atoms with Crippen LogP contribution in [0.15, 0.2) is 0 Å². The smallest absolute Gasteiger partial charge is 0.410 e. The van der Waals surface area contributed by atoms with E-state index in [-0.39, 0.29) is 6.09 Å². The predicted molar refractivity (Wildman–Crippen MR) is 74.0 cm³/mol. The zero-order valence-corrected chi connectivity index (χ0v) is 12.4. The van der Waals surface area contributed by atoms with Crippen molar-refractivity contribution < 1.29 is 9.53 Å². The summed E-state index contributed by atoms with van der Waals surface area (Å²) in [5.74, 6) is 0. The van der Waals surface area contributed by atoms with E-state index >= 15 is 0 Å². The van der Waals surface area contributed by atoms with Crippen LogP contribution in [0.25, 0.3) is 0 Å². The van der Waals surface area contributed by atoms with E-state index in [1.165, 1.54) is 25.7 Å². The van der Waals surface area contributed by atoms with Gasteiger partial charge < -0.3 is 15.0 Å². The molecule has 3 fully saturated rings. The molecule has 1 amide bonds. The van der Waals surface area contributed by atoms with Crippen molar-refractivity contribution in [3.63, 3.8) is 0 Å². The molecule has 0 aromatic carbocycles. The van der Waals surface area contributed by atoms with E-state index in [0.29, 0.717) is 11.5 Å². The highest BCUT2D eigenvalue weighted by Crippen LogP contribution is 2.52. The lowest BCUT2D eigenvalue weighted by molar-refractivity contribution is 0.0106. The summed E-state index contributed by atoms with van der Waals surface area (Å²) < 4.78 is 5.49. The van der Waals surface area contributed by atoms with Gasteiger partial charge in [-0.15, -0.1) is 0 Å². The van der Waals surface area contributed by atoms with E-state index in [1.54, 1.807) is 0 Å². The van der Waals surface area contributed by atoms with Crippen LogP contribution >= 0.6 is 0 Å². The molecule has 1 aliphatic heterocycles. The topological polar surface area (TPSA) is 41.6 Å². The number of rotatable bonds is 2. The average molecular weight is 266 g/mol. The van der Waals surface area contributed by atoms with Crippen LogP contribution < -0.4 is 5.32 Å². The lowest BCUT2D eigenvalue weighted by Crippen LogP contribution is -2.53. The van der Waals surface area contributed by atoms with Gasteiger partial charge in [-0.2, -0.15) is 0 Å². The van der Waals surface area contributed by atoms with Crippen LogP contribution in [0.5, 0.6) is 0 Å². The molecule has 3 rings (SSSR count). The molecule has 0 radical (unpaired) electrons. The molecule has 0 bridgehead atoms. The molecule has 1 N–H and O–H groups in total. The Bertz CT molecular complexity index is 367. The first kappa shape index (κ1) is 13.2. The van der Waals surface area contributed by atoms with Gasteiger partial charge in [-0.1, -0.05) is 0 Å². The van der Waals surface area contributed by atoms with Crippen LogP contribution in [0.4, 0.5) is 4.79 Å². The van der Waals surface area contributed by atoms with Crippen molar-refractivity contribution in [3.8, 4) is 0 Å². The number of nitrogens with one attached hydrogen (secondary N) is 1. The van der Waals surface area contributed by atoms with Gasteiger partial charge in [0.15, 0.2) is 0 Å². The van der Waals surface area contributed by atoms with Crippen LogP contribution in [0.2, 0.25) is 0 Å². The number of hydrogen-bond acceptors (Lipinski definition) is 3. The number of ether oxygens (including phenoxy) is 1. The SMILES string of the molecule is CC(C)(C)OC(=O)N1CCC(NC2CC2)C2(CC2)C1. The monoisotopic (exact) mass is 266 g/mol. The summed E-state index contributed by atoms with van der Waals surface area (Å²) in [6.45, 7) is 7.50. The Labute approximate surface area is 115 Å². The lowest BCUT2D eigenvalue weighted by atomic mass is 9.89. The molecule has 1 spiro atoms. The summed E-state index contributed by atoms with van der Waals surface area (Å²) in [6, 6.07) is 1.38. The Morgan fingerprint density at radius 3 is 2.47 bits per heavy atom. The van der Waals surface area contributed by atoms with Crippen molar-refractivity contribution in [2.24, 2.45) is 5.41 Å². The van der Waals surface area contributed by atoms with Crippen LogP contribution in [0, 0.1) is 5.41 Å². The van der Waals surface area contributed by atoms with E-state index in [4.69, 9.17) is 4.74 Å². The summed E-state index contributed by atoms with van der Waals surface area (Å²) in [5, 5.41) is 3.77. The molecule has 2 aliphatic carbocycles. The van der Waals surface area contributed by atoms with E-state index in [2.05, 4.69) is 5.32 Å². The highest BCUT2D eigenvalue weighted by atomic mass is 16.6. The van der Waals surface area contributed by atoms with Gasteiger partial charge in [0, 0.05) is 30.6 Å². The summed E-state index contributed by atoms with van der Waals surface area (Å²) in [5.41, 5.74) is -0.0331. The number of carbonyl (C=O) groups excluding carboxylic acids is 1. The predicted octanol–water partition coefficient (Wildman–Crippen LogP) is 2.53. The van der Waals surface area contributed by atoms with Crippen molar-refractivity contribution in [1.82, 2.24) is 10.2 Å². The molecule has 0 aromatic rings. The van der Waals surface area contributed by atoms with Crippen LogP contribution in [0.1, 0.15) is 52.9 Å². The van der Waals surface area contributed by atoms with E-state index in [1.807, 2.05) is 25.7 Å². The van der Waals surface area contributed by atoms with Crippen molar-refractivity contribution in [2.75, 3.05) is 13.1 Å². The first-order chi connectivity index (χ1) is 8.88. The third kappa shape index (κ3) is 3.04. The van der Waals surface area contributed by atoms with Gasteiger partial charge in [-0.25, -0.2) is 4.79 Å². The highest BCUT2D eigenvalue weighted by molar-refractivity contribution is 5.68. The first-order valence-electron chi connectivity index (χ1n) is 7.62. The average Bonchev–Trinajstić information content (AvgIpc) is 3.15. The zero-order valence-electron chi connectivity index (χ0n) is 12.4. The number of carbonyl (C=O) groups is 1. The molecule has 4 heteroatoms. The molecule has 0 aromatic heterocycles. The van der Waals surface area contributed by atoms with Gasteiger partial charge in [0.1, 0.15) is 5.60 Å². The highest BCUT2D eigenvalue weighted by Gasteiger charge is 2.54. The van der Waals surface area contributed by atoms with Crippen molar-refractivity contribution >= 4 is 6.09 Å². The van der Waals surface area contributed by atoms with Gasteiger partial charge in [0.05, 0.1) is 0 Å². The number of hydrogen-bond donors (Lipinski definition) is 1. The first-order valence-corrected chi connectivity index (χ1v) is 7.62. The molecule has 4 nitrogen and oxygen atoms in total. The third-order valence-electron chi connectivity index (χ3n) is 4.49. The molecule has 1 atom stereocenters. The van der Waals surface area contributed by atoms with E-state index < -0.39 is 5.60 Å². The number of piperidine rings is 1. The van der Waals surface area contributed by atoms with Crippen LogP contribution in [-0.2, 0) is 4.74 Å². The third-order valence-corrected chi connectivity index (χ3v) is 4.49. The Kier molecular flexibility index (Phi) is 3.04. The maximum Gasteiger partial charge on any atom is 0.410 e. The maximum absolute atomic E-state index is 12.2. The second-order valence-corrected chi connectivity index (χ2v) is 7.55. The maximum atomic E-state index is 12.2. The quantitative estimate of drug-likeness (QED) is 0.835. The molecule has 1 unspecified atom stereocenters. The van der Waals surface area contributed by atoms with Gasteiger partial charge in [0.25, 0.3) is 0 Å². The van der Waals surface area contributed by atoms with Crippen molar-refractivity contribution in [1.29, 1.82) is 0 Å². The Hall–Kier alpha value is -0.770. The molecular weight excluding hydrogens is 240 g/mol. The van der Waals surface area contributed by atoms with Gasteiger partial charge >= 0.3 is 6.09 Å². The Balaban J connectivity index is 1.57. The van der Waals surface area contributed by atoms with Crippen molar-refractivity contribution in [3.05, 3.63) is 0 Å². The summed E-state index contributed by atoms with van der Waals surface area (Å²) in [6.07, 6.45) is 6.14. The molecular formula is C15H26N2O2.